The van der Waals surface area contributed by atoms with Gasteiger partial charge < -0.3 is 4.90 Å². The molecule has 0 amide bonds. The summed E-state index contributed by atoms with van der Waals surface area (Å²) in [5.74, 6) is 0. The first-order chi connectivity index (χ1) is 28.3. The smallest absolute Gasteiger partial charge is 0.0714 e. The number of nitrogens with zero attached hydrogens (tertiary/aromatic N) is 1. The van der Waals surface area contributed by atoms with Gasteiger partial charge in [-0.05, 0) is 92.5 Å². The van der Waals surface area contributed by atoms with Gasteiger partial charge in [-0.3, -0.25) is 0 Å². The van der Waals surface area contributed by atoms with Gasteiger partial charge in [0.25, 0.3) is 0 Å². The second-order valence-electron chi connectivity index (χ2n) is 14.8. The minimum Gasteiger partial charge on any atom is -0.311 e. The van der Waals surface area contributed by atoms with Crippen molar-refractivity contribution >= 4 is 48.6 Å². The van der Waals surface area contributed by atoms with Crippen molar-refractivity contribution < 1.29 is 0 Å². The quantitative estimate of drug-likeness (QED) is 0.157. The molecule has 1 heterocycles. The molecule has 1 aliphatic rings. The third kappa shape index (κ3) is 5.37. The van der Waals surface area contributed by atoms with E-state index in [0.717, 1.165) is 17.1 Å². The molecular weight excluding hydrogens is 707 g/mol. The largest absolute Gasteiger partial charge is 0.311 e. The number of rotatable bonds is 7. The highest BCUT2D eigenvalue weighted by Crippen LogP contribution is 2.59. The van der Waals surface area contributed by atoms with E-state index >= 15 is 0 Å². The Morgan fingerprint density at radius 2 is 0.807 bits per heavy atom. The van der Waals surface area contributed by atoms with Crippen LogP contribution in [0.4, 0.5) is 17.1 Å². The van der Waals surface area contributed by atoms with Gasteiger partial charge >= 0.3 is 0 Å². The minimum atomic E-state index is -0.491. The fourth-order valence-electron chi connectivity index (χ4n) is 9.19. The van der Waals surface area contributed by atoms with Crippen molar-refractivity contribution in [3.05, 3.63) is 247 Å². The molecule has 0 bridgehead atoms. The molecule has 1 aliphatic carbocycles. The first-order valence-electron chi connectivity index (χ1n) is 19.6. The number of hydrogen-bond acceptors (Lipinski definition) is 2. The Morgan fingerprint density at radius 3 is 1.42 bits per heavy atom. The summed E-state index contributed by atoms with van der Waals surface area (Å²) >= 11 is 1.92. The van der Waals surface area contributed by atoms with E-state index < -0.39 is 5.41 Å². The average molecular weight is 744 g/mol. The van der Waals surface area contributed by atoms with E-state index in [1.54, 1.807) is 0 Å². The first-order valence-corrected chi connectivity index (χ1v) is 20.4. The van der Waals surface area contributed by atoms with Gasteiger partial charge in [0, 0.05) is 42.8 Å². The van der Waals surface area contributed by atoms with Gasteiger partial charge in [-0.2, -0.15) is 0 Å². The third-order valence-corrected chi connectivity index (χ3v) is 13.0. The lowest BCUT2D eigenvalue weighted by atomic mass is 9.67. The molecule has 11 rings (SSSR count). The van der Waals surface area contributed by atoms with E-state index in [0.29, 0.717) is 0 Å². The Hall–Kier alpha value is -7.00. The molecule has 0 saturated heterocycles. The Kier molecular flexibility index (Phi) is 7.98. The fraction of sp³-hybridized carbons (Fsp3) is 0.0182. The number of hydrogen-bond donors (Lipinski definition) is 0. The Labute approximate surface area is 337 Å². The van der Waals surface area contributed by atoms with E-state index in [9.17, 15) is 0 Å². The van der Waals surface area contributed by atoms with Gasteiger partial charge in [0.2, 0.25) is 0 Å². The topological polar surface area (TPSA) is 3.24 Å². The van der Waals surface area contributed by atoms with Crippen molar-refractivity contribution in [3.8, 4) is 33.4 Å². The van der Waals surface area contributed by atoms with Crippen LogP contribution in [0, 0.1) is 0 Å². The summed E-state index contributed by atoms with van der Waals surface area (Å²) in [5.41, 5.74) is 15.5. The summed E-state index contributed by atoms with van der Waals surface area (Å²) < 4.78 is 2.69. The minimum absolute atomic E-state index is 0.491. The molecule has 268 valence electrons. The number of fused-ring (bicyclic) bond motifs is 7. The van der Waals surface area contributed by atoms with E-state index in [2.05, 4.69) is 229 Å². The molecule has 57 heavy (non-hydrogen) atoms. The zero-order chi connectivity index (χ0) is 37.8. The average Bonchev–Trinajstić information content (AvgIpc) is 3.82. The van der Waals surface area contributed by atoms with Crippen LogP contribution in [0.5, 0.6) is 0 Å². The predicted molar refractivity (Wildman–Crippen MR) is 242 cm³/mol. The molecule has 1 nitrogen and oxygen atoms in total. The lowest BCUT2D eigenvalue weighted by Gasteiger charge is -2.34. The van der Waals surface area contributed by atoms with Gasteiger partial charge in [0.15, 0.2) is 0 Å². The van der Waals surface area contributed by atoms with Crippen molar-refractivity contribution in [1.29, 1.82) is 0 Å². The standard InChI is InChI=1S/C55H37NS/c1-4-14-38(15-5-1)40-24-30-44(31-25-40)56(45-32-26-41(27-33-45)39-16-6-2-7-17-39)46-34-28-43(29-35-46)55(42-18-8-3-9-19-42)50-22-12-10-21-49(50)53-51(55)37-36-48-47-20-11-13-23-52(47)57-54(48)53/h1-37H. The highest BCUT2D eigenvalue weighted by atomic mass is 32.1. The van der Waals surface area contributed by atoms with E-state index in [1.807, 2.05) is 11.3 Å². The molecule has 10 aromatic rings. The molecule has 1 aromatic heterocycles. The molecule has 0 saturated carbocycles. The van der Waals surface area contributed by atoms with Crippen LogP contribution in [0.15, 0.2) is 224 Å². The summed E-state index contributed by atoms with van der Waals surface area (Å²) in [6.45, 7) is 0. The lowest BCUT2D eigenvalue weighted by molar-refractivity contribution is 0.769. The van der Waals surface area contributed by atoms with Crippen LogP contribution in [0.25, 0.3) is 53.6 Å². The summed E-state index contributed by atoms with van der Waals surface area (Å²) in [6.07, 6.45) is 0. The lowest BCUT2D eigenvalue weighted by Crippen LogP contribution is -2.28. The fourth-order valence-corrected chi connectivity index (χ4v) is 10.5. The van der Waals surface area contributed by atoms with Crippen LogP contribution < -0.4 is 4.90 Å². The number of thiophene rings is 1. The van der Waals surface area contributed by atoms with Crippen LogP contribution in [0.1, 0.15) is 22.3 Å². The molecular formula is C55H37NS. The second-order valence-corrected chi connectivity index (χ2v) is 15.9. The Morgan fingerprint density at radius 1 is 0.333 bits per heavy atom. The van der Waals surface area contributed by atoms with E-state index in [1.165, 1.54) is 75.8 Å². The normalized spacial score (nSPS) is 14.4. The molecule has 0 spiro atoms. The maximum Gasteiger partial charge on any atom is 0.0714 e. The highest BCUT2D eigenvalue weighted by Gasteiger charge is 2.47. The summed E-state index contributed by atoms with van der Waals surface area (Å²) in [7, 11) is 0. The van der Waals surface area contributed by atoms with Gasteiger partial charge in [-0.25, -0.2) is 0 Å². The predicted octanol–water partition coefficient (Wildman–Crippen LogP) is 15.2. The van der Waals surface area contributed by atoms with Crippen LogP contribution >= 0.6 is 11.3 Å². The Balaban J connectivity index is 1.08. The molecule has 1 atom stereocenters. The number of anilines is 3. The second kappa shape index (κ2) is 13.6. The molecule has 9 aromatic carbocycles. The molecule has 1 unspecified atom stereocenters. The first kappa shape index (κ1) is 33.3. The zero-order valence-electron chi connectivity index (χ0n) is 31.2. The van der Waals surface area contributed by atoms with Crippen molar-refractivity contribution in [2.45, 2.75) is 5.41 Å². The highest BCUT2D eigenvalue weighted by molar-refractivity contribution is 7.26. The summed E-state index contributed by atoms with van der Waals surface area (Å²) in [6, 6.07) is 82.3. The van der Waals surface area contributed by atoms with Gasteiger partial charge in [0.05, 0.1) is 5.41 Å². The zero-order valence-corrected chi connectivity index (χ0v) is 32.0. The summed E-state index contributed by atoms with van der Waals surface area (Å²) in [5, 5.41) is 2.66. The number of benzene rings is 9. The molecule has 0 aliphatic heterocycles. The van der Waals surface area contributed by atoms with Crippen LogP contribution in [0.3, 0.4) is 0 Å². The van der Waals surface area contributed by atoms with Gasteiger partial charge in [-0.15, -0.1) is 11.3 Å². The molecule has 0 fully saturated rings. The maximum atomic E-state index is 2.41. The van der Waals surface area contributed by atoms with Crippen molar-refractivity contribution in [1.82, 2.24) is 0 Å². The van der Waals surface area contributed by atoms with Gasteiger partial charge in [-0.1, -0.05) is 182 Å². The van der Waals surface area contributed by atoms with Crippen LogP contribution in [0.2, 0.25) is 0 Å². The molecule has 0 N–H and O–H groups in total. The summed E-state index contributed by atoms with van der Waals surface area (Å²) in [4.78, 5) is 2.37. The maximum absolute atomic E-state index is 2.41. The Bertz CT molecular complexity index is 2940. The third-order valence-electron chi connectivity index (χ3n) is 11.8. The van der Waals surface area contributed by atoms with Crippen molar-refractivity contribution in [2.24, 2.45) is 0 Å². The molecule has 2 heteroatoms. The van der Waals surface area contributed by atoms with Crippen molar-refractivity contribution in [3.63, 3.8) is 0 Å². The van der Waals surface area contributed by atoms with E-state index in [-0.39, 0.29) is 0 Å². The van der Waals surface area contributed by atoms with Gasteiger partial charge in [0.1, 0.15) is 0 Å². The van der Waals surface area contributed by atoms with Crippen LogP contribution in [-0.4, -0.2) is 0 Å². The van der Waals surface area contributed by atoms with E-state index in [4.69, 9.17) is 0 Å². The van der Waals surface area contributed by atoms with Crippen LogP contribution in [-0.2, 0) is 5.41 Å². The SMILES string of the molecule is c1ccc(-c2ccc(N(c3ccc(-c4ccccc4)cc3)c3ccc(C4(c5ccccc5)c5ccccc5-c5c4ccc4c5sc5ccccc54)cc3)cc2)cc1. The molecule has 0 radical (unpaired) electrons. The monoisotopic (exact) mass is 743 g/mol. The van der Waals surface area contributed by atoms with Crippen molar-refractivity contribution in [2.75, 3.05) is 4.90 Å².